The van der Waals surface area contributed by atoms with Crippen molar-refractivity contribution in [3.8, 4) is 11.4 Å². The number of benzene rings is 2. The van der Waals surface area contributed by atoms with Crippen LogP contribution in [-0.2, 0) is 9.53 Å². The van der Waals surface area contributed by atoms with Crippen molar-refractivity contribution >= 4 is 29.3 Å². The zero-order valence-electron chi connectivity index (χ0n) is 14.8. The molecule has 0 saturated carbocycles. The number of thioether (sulfide) groups is 1. The van der Waals surface area contributed by atoms with Gasteiger partial charge in [0.2, 0.25) is 11.7 Å². The molecule has 3 aromatic rings. The number of nitrogens with one attached hydrogen (secondary N) is 1. The molecule has 0 radical (unpaired) electrons. The predicted molar refractivity (Wildman–Crippen MR) is 102 cm³/mol. The summed E-state index contributed by atoms with van der Waals surface area (Å²) in [6.45, 7) is 2.00. The van der Waals surface area contributed by atoms with Crippen LogP contribution < -0.4 is 5.32 Å². The van der Waals surface area contributed by atoms with Crippen LogP contribution in [0.5, 0.6) is 0 Å². The van der Waals surface area contributed by atoms with E-state index in [-0.39, 0.29) is 11.7 Å². The largest absolute Gasteiger partial charge is 0.465 e. The summed E-state index contributed by atoms with van der Waals surface area (Å²) >= 11 is 1.14. The van der Waals surface area contributed by atoms with E-state index in [2.05, 4.69) is 20.2 Å². The maximum Gasteiger partial charge on any atom is 0.337 e. The SMILES string of the molecule is COC(=O)c1cccc(NC(=O)CSc2nc(-c3ccc(C)cc3)no2)c1. The van der Waals surface area contributed by atoms with Crippen molar-refractivity contribution in [2.45, 2.75) is 12.1 Å². The predicted octanol–water partition coefficient (Wildman–Crippen LogP) is 3.56. The Morgan fingerprint density at radius 1 is 1.19 bits per heavy atom. The van der Waals surface area contributed by atoms with Crippen LogP contribution in [0, 0.1) is 6.92 Å². The second-order valence-corrected chi connectivity index (χ2v) is 6.59. The molecule has 0 fully saturated rings. The number of esters is 1. The lowest BCUT2D eigenvalue weighted by Gasteiger charge is -2.05. The van der Waals surface area contributed by atoms with E-state index in [1.807, 2.05) is 31.2 Å². The van der Waals surface area contributed by atoms with E-state index in [0.29, 0.717) is 22.3 Å². The van der Waals surface area contributed by atoms with Crippen molar-refractivity contribution < 1.29 is 18.8 Å². The number of hydrogen-bond donors (Lipinski definition) is 1. The Labute approximate surface area is 160 Å². The number of rotatable bonds is 6. The number of anilines is 1. The van der Waals surface area contributed by atoms with Gasteiger partial charge in [-0.1, -0.05) is 52.8 Å². The minimum Gasteiger partial charge on any atom is -0.465 e. The summed E-state index contributed by atoms with van der Waals surface area (Å²) in [7, 11) is 1.31. The maximum absolute atomic E-state index is 12.1. The lowest BCUT2D eigenvalue weighted by molar-refractivity contribution is -0.113. The van der Waals surface area contributed by atoms with Crippen LogP contribution in [0.1, 0.15) is 15.9 Å². The Hall–Kier alpha value is -3.13. The normalized spacial score (nSPS) is 10.4. The van der Waals surface area contributed by atoms with Crippen LogP contribution in [0.25, 0.3) is 11.4 Å². The van der Waals surface area contributed by atoms with Crippen molar-refractivity contribution in [2.24, 2.45) is 0 Å². The molecule has 0 atom stereocenters. The average Bonchev–Trinajstić information content (AvgIpc) is 3.15. The van der Waals surface area contributed by atoms with Gasteiger partial charge in [0, 0.05) is 11.3 Å². The fraction of sp³-hybridized carbons (Fsp3) is 0.158. The van der Waals surface area contributed by atoms with E-state index in [0.717, 1.165) is 22.9 Å². The molecule has 0 unspecified atom stereocenters. The minimum absolute atomic E-state index is 0.0952. The topological polar surface area (TPSA) is 94.3 Å². The molecule has 8 heteroatoms. The first kappa shape index (κ1) is 18.7. The van der Waals surface area contributed by atoms with E-state index >= 15 is 0 Å². The van der Waals surface area contributed by atoms with Gasteiger partial charge >= 0.3 is 5.97 Å². The van der Waals surface area contributed by atoms with Gasteiger partial charge in [0.25, 0.3) is 5.22 Å². The molecule has 3 rings (SSSR count). The molecular formula is C19H17N3O4S. The molecule has 1 amide bonds. The third-order valence-electron chi connectivity index (χ3n) is 3.61. The molecule has 1 N–H and O–H groups in total. The van der Waals surface area contributed by atoms with Gasteiger partial charge in [-0.05, 0) is 25.1 Å². The van der Waals surface area contributed by atoms with Crippen molar-refractivity contribution in [3.63, 3.8) is 0 Å². The first-order chi connectivity index (χ1) is 13.0. The highest BCUT2D eigenvalue weighted by atomic mass is 32.2. The molecule has 0 saturated heterocycles. The van der Waals surface area contributed by atoms with Crippen LogP contribution in [0.4, 0.5) is 5.69 Å². The number of carbonyl (C=O) groups excluding carboxylic acids is 2. The summed E-state index contributed by atoms with van der Waals surface area (Å²) in [5.74, 6) is -0.145. The number of aryl methyl sites for hydroxylation is 1. The zero-order valence-corrected chi connectivity index (χ0v) is 15.6. The molecule has 0 aliphatic rings. The number of ether oxygens (including phenoxy) is 1. The van der Waals surface area contributed by atoms with Crippen molar-refractivity contribution in [1.82, 2.24) is 10.1 Å². The second-order valence-electron chi connectivity index (χ2n) is 5.66. The molecular weight excluding hydrogens is 366 g/mol. The first-order valence-corrected chi connectivity index (χ1v) is 9.05. The standard InChI is InChI=1S/C19H17N3O4S/c1-12-6-8-13(9-7-12)17-21-19(26-22-17)27-11-16(23)20-15-5-3-4-14(10-15)18(24)25-2/h3-10H,11H2,1-2H3,(H,20,23). The van der Waals surface area contributed by atoms with Gasteiger partial charge in [0.1, 0.15) is 0 Å². The summed E-state index contributed by atoms with van der Waals surface area (Å²) in [6.07, 6.45) is 0. The van der Waals surface area contributed by atoms with Gasteiger partial charge in [0.05, 0.1) is 18.4 Å². The number of carbonyl (C=O) groups is 2. The van der Waals surface area contributed by atoms with E-state index in [9.17, 15) is 9.59 Å². The summed E-state index contributed by atoms with van der Waals surface area (Å²) in [4.78, 5) is 27.9. The third-order valence-corrected chi connectivity index (χ3v) is 4.43. The van der Waals surface area contributed by atoms with Crippen molar-refractivity contribution in [2.75, 3.05) is 18.2 Å². The number of hydrogen-bond acceptors (Lipinski definition) is 7. The highest BCUT2D eigenvalue weighted by Crippen LogP contribution is 2.22. The number of aromatic nitrogens is 2. The minimum atomic E-state index is -0.463. The Morgan fingerprint density at radius 2 is 1.96 bits per heavy atom. The van der Waals surface area contributed by atoms with Crippen LogP contribution in [-0.4, -0.2) is 34.9 Å². The van der Waals surface area contributed by atoms with Gasteiger partial charge in [-0.3, -0.25) is 4.79 Å². The van der Waals surface area contributed by atoms with E-state index < -0.39 is 5.97 Å². The Kier molecular flexibility index (Phi) is 5.87. The average molecular weight is 383 g/mol. The monoisotopic (exact) mass is 383 g/mol. The fourth-order valence-electron chi connectivity index (χ4n) is 2.25. The maximum atomic E-state index is 12.1. The molecule has 0 aliphatic heterocycles. The van der Waals surface area contributed by atoms with Gasteiger partial charge in [-0.25, -0.2) is 4.79 Å². The molecule has 0 bridgehead atoms. The van der Waals surface area contributed by atoms with Gasteiger partial charge in [0.15, 0.2) is 0 Å². The Bertz CT molecular complexity index is 954. The molecule has 2 aromatic carbocycles. The molecule has 0 aliphatic carbocycles. The zero-order chi connectivity index (χ0) is 19.2. The summed E-state index contributed by atoms with van der Waals surface area (Å²) in [5, 5.41) is 6.96. The number of amides is 1. The Balaban J connectivity index is 1.57. The van der Waals surface area contributed by atoms with Crippen molar-refractivity contribution in [3.05, 3.63) is 59.7 Å². The molecule has 1 aromatic heterocycles. The van der Waals surface area contributed by atoms with Crippen LogP contribution in [0.15, 0.2) is 58.3 Å². The molecule has 138 valence electrons. The second kappa shape index (κ2) is 8.50. The summed E-state index contributed by atoms with van der Waals surface area (Å²) < 4.78 is 9.84. The van der Waals surface area contributed by atoms with Gasteiger partial charge < -0.3 is 14.6 Å². The molecule has 0 spiro atoms. The number of methoxy groups -OCH3 is 1. The van der Waals surface area contributed by atoms with Crippen LogP contribution in [0.3, 0.4) is 0 Å². The van der Waals surface area contributed by atoms with E-state index in [1.165, 1.54) is 7.11 Å². The first-order valence-electron chi connectivity index (χ1n) is 8.07. The lowest BCUT2D eigenvalue weighted by Crippen LogP contribution is -2.14. The highest BCUT2D eigenvalue weighted by molar-refractivity contribution is 7.99. The van der Waals surface area contributed by atoms with Gasteiger partial charge in [-0.15, -0.1) is 0 Å². The smallest absolute Gasteiger partial charge is 0.337 e. The summed E-state index contributed by atoms with van der Waals surface area (Å²) in [5.41, 5.74) is 2.86. The molecule has 1 heterocycles. The third kappa shape index (κ3) is 4.95. The van der Waals surface area contributed by atoms with E-state index in [1.54, 1.807) is 24.3 Å². The van der Waals surface area contributed by atoms with Crippen LogP contribution in [0.2, 0.25) is 0 Å². The van der Waals surface area contributed by atoms with Crippen molar-refractivity contribution in [1.29, 1.82) is 0 Å². The highest BCUT2D eigenvalue weighted by Gasteiger charge is 2.12. The summed E-state index contributed by atoms with van der Waals surface area (Å²) in [6, 6.07) is 14.3. The number of nitrogens with zero attached hydrogens (tertiary/aromatic N) is 2. The quantitative estimate of drug-likeness (QED) is 0.514. The molecule has 7 nitrogen and oxygen atoms in total. The fourth-order valence-corrected chi connectivity index (χ4v) is 2.82. The Morgan fingerprint density at radius 3 is 2.70 bits per heavy atom. The van der Waals surface area contributed by atoms with E-state index in [4.69, 9.17) is 4.52 Å². The molecule has 27 heavy (non-hydrogen) atoms. The van der Waals surface area contributed by atoms with Gasteiger partial charge in [-0.2, -0.15) is 4.98 Å². The van der Waals surface area contributed by atoms with Crippen LogP contribution >= 0.6 is 11.8 Å². The lowest BCUT2D eigenvalue weighted by atomic mass is 10.1.